The van der Waals surface area contributed by atoms with Gasteiger partial charge in [-0.15, -0.1) is 0 Å². The molecule has 96 valence electrons. The van der Waals surface area contributed by atoms with Crippen molar-refractivity contribution in [3.05, 3.63) is 12.4 Å². The van der Waals surface area contributed by atoms with Gasteiger partial charge < -0.3 is 5.32 Å². The zero-order valence-corrected chi connectivity index (χ0v) is 11.3. The van der Waals surface area contributed by atoms with Crippen LogP contribution in [0, 0.1) is 5.92 Å². The van der Waals surface area contributed by atoms with Crippen LogP contribution in [0.2, 0.25) is 0 Å². The molecule has 1 heterocycles. The molecule has 0 spiro atoms. The van der Waals surface area contributed by atoms with Crippen LogP contribution in [0.25, 0.3) is 0 Å². The minimum Gasteiger partial charge on any atom is -0.380 e. The lowest BCUT2D eigenvalue weighted by Crippen LogP contribution is -2.18. The van der Waals surface area contributed by atoms with E-state index in [9.17, 15) is 0 Å². The summed E-state index contributed by atoms with van der Waals surface area (Å²) in [6.45, 7) is 6.69. The predicted octanol–water partition coefficient (Wildman–Crippen LogP) is 3.84. The van der Waals surface area contributed by atoms with Gasteiger partial charge in [0.25, 0.3) is 0 Å². The Labute approximate surface area is 105 Å². The third-order valence-corrected chi connectivity index (χ3v) is 3.76. The zero-order chi connectivity index (χ0) is 12.3. The first kappa shape index (κ1) is 12.5. The Balaban J connectivity index is 1.90. The highest BCUT2D eigenvalue weighted by molar-refractivity contribution is 5.39. The molecule has 0 radical (unpaired) electrons. The van der Waals surface area contributed by atoms with E-state index in [1.165, 1.54) is 37.8 Å². The van der Waals surface area contributed by atoms with Crippen molar-refractivity contribution < 1.29 is 0 Å². The number of nitrogens with zero attached hydrogens (tertiary/aromatic N) is 2. The molecule has 2 atom stereocenters. The van der Waals surface area contributed by atoms with Gasteiger partial charge in [-0.2, -0.15) is 5.10 Å². The molecule has 1 aromatic heterocycles. The second-order valence-corrected chi connectivity index (χ2v) is 5.76. The van der Waals surface area contributed by atoms with Crippen molar-refractivity contribution in [2.75, 3.05) is 5.32 Å². The molecule has 0 aliphatic heterocycles. The van der Waals surface area contributed by atoms with Crippen molar-refractivity contribution in [2.24, 2.45) is 5.92 Å². The van der Waals surface area contributed by atoms with Gasteiger partial charge in [0.1, 0.15) is 0 Å². The van der Waals surface area contributed by atoms with Crippen LogP contribution in [0.1, 0.15) is 58.9 Å². The fourth-order valence-electron chi connectivity index (χ4n) is 2.56. The Morgan fingerprint density at radius 3 is 2.82 bits per heavy atom. The Hall–Kier alpha value is -0.990. The molecule has 1 aliphatic rings. The van der Waals surface area contributed by atoms with Gasteiger partial charge in [-0.1, -0.05) is 19.8 Å². The van der Waals surface area contributed by atoms with Gasteiger partial charge in [0.2, 0.25) is 0 Å². The van der Waals surface area contributed by atoms with Gasteiger partial charge in [0.05, 0.1) is 11.9 Å². The Morgan fingerprint density at radius 1 is 1.29 bits per heavy atom. The fraction of sp³-hybridized carbons (Fsp3) is 0.786. The van der Waals surface area contributed by atoms with Crippen LogP contribution in [0.4, 0.5) is 5.69 Å². The average Bonchev–Trinajstić information content (AvgIpc) is 2.65. The molecule has 0 saturated heterocycles. The number of rotatable bonds is 3. The van der Waals surface area contributed by atoms with Gasteiger partial charge in [0, 0.05) is 18.3 Å². The summed E-state index contributed by atoms with van der Waals surface area (Å²) in [5, 5.41) is 8.01. The minimum atomic E-state index is 0.444. The quantitative estimate of drug-likeness (QED) is 0.807. The average molecular weight is 235 g/mol. The van der Waals surface area contributed by atoms with Crippen LogP contribution < -0.4 is 5.32 Å². The van der Waals surface area contributed by atoms with Crippen LogP contribution in [0.5, 0.6) is 0 Å². The molecule has 3 heteroatoms. The summed E-state index contributed by atoms with van der Waals surface area (Å²) in [5.41, 5.74) is 1.18. The summed E-state index contributed by atoms with van der Waals surface area (Å²) in [6.07, 6.45) is 10.8. The lowest BCUT2D eigenvalue weighted by Gasteiger charge is -2.16. The maximum atomic E-state index is 4.37. The van der Waals surface area contributed by atoms with Crippen molar-refractivity contribution in [1.29, 1.82) is 0 Å². The first-order chi connectivity index (χ1) is 8.15. The normalized spacial score (nSPS) is 25.9. The standard InChI is InChI=1S/C14H25N3/c1-11(2)17-10-14(9-15-17)16-13-6-4-5-12(3)7-8-13/h9-13,16H,4-8H2,1-3H3. The van der Waals surface area contributed by atoms with Gasteiger partial charge in [-0.05, 0) is 39.0 Å². The molecular formula is C14H25N3. The van der Waals surface area contributed by atoms with Crippen LogP contribution in [0.15, 0.2) is 12.4 Å². The molecule has 17 heavy (non-hydrogen) atoms. The molecular weight excluding hydrogens is 210 g/mol. The van der Waals surface area contributed by atoms with Crippen molar-refractivity contribution in [3.63, 3.8) is 0 Å². The van der Waals surface area contributed by atoms with Crippen LogP contribution in [-0.4, -0.2) is 15.8 Å². The fourth-order valence-corrected chi connectivity index (χ4v) is 2.56. The van der Waals surface area contributed by atoms with Crippen molar-refractivity contribution in [2.45, 2.75) is 65.0 Å². The van der Waals surface area contributed by atoms with Gasteiger partial charge in [-0.3, -0.25) is 4.68 Å². The van der Waals surface area contributed by atoms with E-state index in [2.05, 4.69) is 37.4 Å². The molecule has 1 fully saturated rings. The lowest BCUT2D eigenvalue weighted by molar-refractivity contribution is 0.502. The number of hydrogen-bond acceptors (Lipinski definition) is 2. The molecule has 0 bridgehead atoms. The summed E-state index contributed by atoms with van der Waals surface area (Å²) >= 11 is 0. The summed E-state index contributed by atoms with van der Waals surface area (Å²) < 4.78 is 2.02. The van der Waals surface area contributed by atoms with Gasteiger partial charge >= 0.3 is 0 Å². The third kappa shape index (κ3) is 3.48. The summed E-state index contributed by atoms with van der Waals surface area (Å²) in [7, 11) is 0. The molecule has 1 aromatic rings. The maximum absolute atomic E-state index is 4.37. The maximum Gasteiger partial charge on any atom is 0.0728 e. The minimum absolute atomic E-state index is 0.444. The second kappa shape index (κ2) is 5.56. The molecule has 3 nitrogen and oxygen atoms in total. The van der Waals surface area contributed by atoms with Crippen molar-refractivity contribution in [1.82, 2.24) is 9.78 Å². The highest BCUT2D eigenvalue weighted by atomic mass is 15.3. The smallest absolute Gasteiger partial charge is 0.0728 e. The second-order valence-electron chi connectivity index (χ2n) is 5.76. The van der Waals surface area contributed by atoms with E-state index >= 15 is 0 Å². The van der Waals surface area contributed by atoms with Crippen LogP contribution >= 0.6 is 0 Å². The van der Waals surface area contributed by atoms with Crippen molar-refractivity contribution in [3.8, 4) is 0 Å². The topological polar surface area (TPSA) is 29.9 Å². The molecule has 1 saturated carbocycles. The van der Waals surface area contributed by atoms with Crippen LogP contribution in [-0.2, 0) is 0 Å². The summed E-state index contributed by atoms with van der Waals surface area (Å²) in [4.78, 5) is 0. The molecule has 1 N–H and O–H groups in total. The molecule has 0 amide bonds. The largest absolute Gasteiger partial charge is 0.380 e. The zero-order valence-electron chi connectivity index (χ0n) is 11.3. The first-order valence-corrected chi connectivity index (χ1v) is 6.96. The number of hydrogen-bond donors (Lipinski definition) is 1. The van der Waals surface area contributed by atoms with E-state index in [4.69, 9.17) is 0 Å². The summed E-state index contributed by atoms with van der Waals surface area (Å²) in [5.74, 6) is 0.903. The monoisotopic (exact) mass is 235 g/mol. The molecule has 2 unspecified atom stereocenters. The molecule has 0 aromatic carbocycles. The third-order valence-electron chi connectivity index (χ3n) is 3.76. The Kier molecular flexibility index (Phi) is 4.08. The van der Waals surface area contributed by atoms with E-state index in [0.717, 1.165) is 5.92 Å². The van der Waals surface area contributed by atoms with E-state index in [0.29, 0.717) is 12.1 Å². The van der Waals surface area contributed by atoms with E-state index in [-0.39, 0.29) is 0 Å². The summed E-state index contributed by atoms with van der Waals surface area (Å²) in [6, 6.07) is 1.09. The van der Waals surface area contributed by atoms with E-state index < -0.39 is 0 Å². The number of aromatic nitrogens is 2. The molecule has 2 rings (SSSR count). The lowest BCUT2D eigenvalue weighted by atomic mass is 10.0. The van der Waals surface area contributed by atoms with E-state index in [1.54, 1.807) is 0 Å². The SMILES string of the molecule is CC1CCCC(Nc2cnn(C(C)C)c2)CC1. The van der Waals surface area contributed by atoms with Gasteiger partial charge in [-0.25, -0.2) is 0 Å². The van der Waals surface area contributed by atoms with E-state index in [1.807, 2.05) is 10.9 Å². The highest BCUT2D eigenvalue weighted by Gasteiger charge is 2.16. The van der Waals surface area contributed by atoms with Crippen LogP contribution in [0.3, 0.4) is 0 Å². The Morgan fingerprint density at radius 2 is 2.12 bits per heavy atom. The van der Waals surface area contributed by atoms with Crippen molar-refractivity contribution >= 4 is 5.69 Å². The predicted molar refractivity (Wildman–Crippen MR) is 72.3 cm³/mol. The Bertz CT molecular complexity index is 343. The number of nitrogens with one attached hydrogen (secondary N) is 1. The molecule has 1 aliphatic carbocycles. The number of anilines is 1. The van der Waals surface area contributed by atoms with Gasteiger partial charge in [0.15, 0.2) is 0 Å². The highest BCUT2D eigenvalue weighted by Crippen LogP contribution is 2.25. The first-order valence-electron chi connectivity index (χ1n) is 6.96.